The van der Waals surface area contributed by atoms with E-state index in [1.807, 2.05) is 13.8 Å². The molecule has 0 heterocycles. The molecule has 24 heavy (non-hydrogen) atoms. The first-order chi connectivity index (χ1) is 11.1. The summed E-state index contributed by atoms with van der Waals surface area (Å²) in [5.74, 6) is -8.74. The van der Waals surface area contributed by atoms with Gasteiger partial charge in [-0.25, -0.2) is 0 Å². The minimum Gasteiger partial charge on any atom is -0.481 e. The Morgan fingerprint density at radius 3 is 1.75 bits per heavy atom. The number of hydrogen-bond acceptors (Lipinski definition) is 4. The van der Waals surface area contributed by atoms with Crippen LogP contribution in [0.3, 0.4) is 0 Å². The molecule has 4 atom stereocenters. The molecule has 4 unspecified atom stereocenters. The number of hydrogen-bond donors (Lipinski definition) is 4. The average molecular weight is 342 g/mol. The molecule has 1 fully saturated rings. The number of carbonyl (C=O) groups excluding carboxylic acids is 2. The summed E-state index contributed by atoms with van der Waals surface area (Å²) in [5, 5.41) is 23.6. The van der Waals surface area contributed by atoms with E-state index in [4.69, 9.17) is 0 Å². The lowest BCUT2D eigenvalue weighted by atomic mass is 9.55. The summed E-state index contributed by atoms with van der Waals surface area (Å²) in [4.78, 5) is 47.2. The van der Waals surface area contributed by atoms with Gasteiger partial charge in [-0.05, 0) is 19.3 Å². The van der Waals surface area contributed by atoms with Gasteiger partial charge in [0, 0.05) is 13.1 Å². The predicted molar refractivity (Wildman–Crippen MR) is 85.0 cm³/mol. The van der Waals surface area contributed by atoms with Crippen molar-refractivity contribution in [1.29, 1.82) is 0 Å². The normalized spacial score (nSPS) is 28.2. The average Bonchev–Trinajstić information content (AvgIpc) is 2.44. The maximum atomic E-state index is 12.4. The summed E-state index contributed by atoms with van der Waals surface area (Å²) in [6.07, 6.45) is 1.65. The Morgan fingerprint density at radius 2 is 1.38 bits per heavy atom. The van der Waals surface area contributed by atoms with Crippen LogP contribution in [-0.4, -0.2) is 47.1 Å². The molecule has 0 aromatic carbocycles. The number of carboxylic acids is 2. The summed E-state index contributed by atoms with van der Waals surface area (Å²) >= 11 is 0. The predicted octanol–water partition coefficient (Wildman–Crippen LogP) is 0.321. The highest BCUT2D eigenvalue weighted by atomic mass is 16.4. The van der Waals surface area contributed by atoms with Gasteiger partial charge in [0.05, 0.1) is 23.7 Å². The number of carboxylic acid groups (broad SMARTS) is 2. The zero-order chi connectivity index (χ0) is 18.6. The molecule has 0 saturated heterocycles. The number of nitrogens with one attached hydrogen (secondary N) is 2. The van der Waals surface area contributed by atoms with E-state index in [1.165, 1.54) is 7.05 Å². The molecule has 0 radical (unpaired) electrons. The van der Waals surface area contributed by atoms with E-state index in [0.29, 0.717) is 12.3 Å². The highest BCUT2D eigenvalue weighted by Crippen LogP contribution is 2.47. The summed E-state index contributed by atoms with van der Waals surface area (Å²) in [6.45, 7) is 5.86. The molecule has 2 amide bonds. The van der Waals surface area contributed by atoms with Crippen molar-refractivity contribution in [1.82, 2.24) is 10.6 Å². The third-order valence-electron chi connectivity index (χ3n) is 4.81. The van der Waals surface area contributed by atoms with E-state index in [0.717, 1.165) is 6.42 Å². The maximum Gasteiger partial charge on any atom is 0.308 e. The Kier molecular flexibility index (Phi) is 6.74. The molecule has 0 aromatic heterocycles. The Labute approximate surface area is 141 Å². The molecule has 0 bridgehead atoms. The van der Waals surface area contributed by atoms with Gasteiger partial charge in [0.1, 0.15) is 0 Å². The van der Waals surface area contributed by atoms with Crippen molar-refractivity contribution in [2.75, 3.05) is 7.05 Å². The third kappa shape index (κ3) is 4.04. The first kappa shape index (κ1) is 19.9. The van der Waals surface area contributed by atoms with Crippen LogP contribution in [0.25, 0.3) is 0 Å². The van der Waals surface area contributed by atoms with Gasteiger partial charge in [0.2, 0.25) is 11.8 Å². The van der Waals surface area contributed by atoms with Crippen LogP contribution in [0.4, 0.5) is 0 Å². The Morgan fingerprint density at radius 1 is 0.917 bits per heavy atom. The molecule has 0 spiro atoms. The first-order valence-corrected chi connectivity index (χ1v) is 8.13. The lowest BCUT2D eigenvalue weighted by Crippen LogP contribution is -2.63. The van der Waals surface area contributed by atoms with Gasteiger partial charge in [-0.15, -0.1) is 0 Å². The number of amides is 2. The van der Waals surface area contributed by atoms with Crippen molar-refractivity contribution >= 4 is 23.8 Å². The van der Waals surface area contributed by atoms with Gasteiger partial charge >= 0.3 is 11.9 Å². The van der Waals surface area contributed by atoms with Crippen LogP contribution in [0.15, 0.2) is 0 Å². The summed E-state index contributed by atoms with van der Waals surface area (Å²) in [7, 11) is 1.31. The molecule has 136 valence electrons. The van der Waals surface area contributed by atoms with Crippen molar-refractivity contribution in [3.8, 4) is 0 Å². The standard InChI is InChI=1S/C16H26N2O6/c1-5-7(2)6-8(3)18-14(20)10-11(15(21)22)9(13(19)17-4)12(10)16(23)24/h7-12H,5-6H2,1-4H3,(H,17,19)(H,18,20)(H,21,22)(H,23,24). The number of rotatable bonds is 8. The van der Waals surface area contributed by atoms with Gasteiger partial charge in [-0.2, -0.15) is 0 Å². The van der Waals surface area contributed by atoms with E-state index in [1.54, 1.807) is 6.92 Å². The SMILES string of the molecule is CCC(C)CC(C)NC(=O)C1C(C(=O)O)C(C(=O)NC)C1C(=O)O. The van der Waals surface area contributed by atoms with Gasteiger partial charge in [-0.1, -0.05) is 20.3 Å². The van der Waals surface area contributed by atoms with E-state index in [-0.39, 0.29) is 6.04 Å². The highest BCUT2D eigenvalue weighted by Gasteiger charge is 2.63. The lowest BCUT2D eigenvalue weighted by Gasteiger charge is -2.45. The van der Waals surface area contributed by atoms with Crippen molar-refractivity contribution in [3.63, 3.8) is 0 Å². The van der Waals surface area contributed by atoms with E-state index in [9.17, 15) is 29.4 Å². The third-order valence-corrected chi connectivity index (χ3v) is 4.81. The fourth-order valence-electron chi connectivity index (χ4n) is 3.35. The van der Waals surface area contributed by atoms with Crippen molar-refractivity contribution in [2.45, 2.75) is 39.7 Å². The van der Waals surface area contributed by atoms with Crippen LogP contribution in [0, 0.1) is 29.6 Å². The van der Waals surface area contributed by atoms with E-state index < -0.39 is 47.4 Å². The molecule has 1 aliphatic carbocycles. The molecule has 1 rings (SSSR count). The lowest BCUT2D eigenvalue weighted by molar-refractivity contribution is -0.181. The largest absolute Gasteiger partial charge is 0.481 e. The minimum absolute atomic E-state index is 0.199. The second-order valence-electron chi connectivity index (χ2n) is 6.55. The zero-order valence-electron chi connectivity index (χ0n) is 14.4. The number of carbonyl (C=O) groups is 4. The van der Waals surface area contributed by atoms with Crippen LogP contribution in [0.1, 0.15) is 33.6 Å². The topological polar surface area (TPSA) is 133 Å². The fraction of sp³-hybridized carbons (Fsp3) is 0.750. The molecular formula is C16H26N2O6. The van der Waals surface area contributed by atoms with Crippen molar-refractivity contribution in [2.24, 2.45) is 29.6 Å². The smallest absolute Gasteiger partial charge is 0.308 e. The molecule has 8 heteroatoms. The Balaban J connectivity index is 2.93. The Bertz CT molecular complexity index is 499. The quantitative estimate of drug-likeness (QED) is 0.502. The maximum absolute atomic E-state index is 12.4. The highest BCUT2D eigenvalue weighted by molar-refractivity contribution is 5.99. The van der Waals surface area contributed by atoms with Crippen LogP contribution in [0.5, 0.6) is 0 Å². The molecular weight excluding hydrogens is 316 g/mol. The Hall–Kier alpha value is -2.12. The van der Waals surface area contributed by atoms with Gasteiger partial charge in [-0.3, -0.25) is 19.2 Å². The van der Waals surface area contributed by atoms with Crippen molar-refractivity contribution in [3.05, 3.63) is 0 Å². The molecule has 4 N–H and O–H groups in total. The van der Waals surface area contributed by atoms with E-state index in [2.05, 4.69) is 10.6 Å². The second kappa shape index (κ2) is 8.12. The molecule has 8 nitrogen and oxygen atoms in total. The van der Waals surface area contributed by atoms with Crippen LogP contribution in [-0.2, 0) is 19.2 Å². The molecule has 0 aliphatic heterocycles. The van der Waals surface area contributed by atoms with Gasteiger partial charge in [0.15, 0.2) is 0 Å². The molecule has 1 aliphatic rings. The number of aliphatic carboxylic acids is 2. The summed E-state index contributed by atoms with van der Waals surface area (Å²) in [6, 6.07) is -0.199. The fourth-order valence-corrected chi connectivity index (χ4v) is 3.35. The van der Waals surface area contributed by atoms with E-state index >= 15 is 0 Å². The van der Waals surface area contributed by atoms with Gasteiger partial charge < -0.3 is 20.8 Å². The van der Waals surface area contributed by atoms with Crippen molar-refractivity contribution < 1.29 is 29.4 Å². The molecule has 1 saturated carbocycles. The minimum atomic E-state index is -1.34. The van der Waals surface area contributed by atoms with Gasteiger partial charge in [0.25, 0.3) is 0 Å². The summed E-state index contributed by atoms with van der Waals surface area (Å²) < 4.78 is 0. The zero-order valence-corrected chi connectivity index (χ0v) is 14.4. The van der Waals surface area contributed by atoms with Crippen LogP contribution < -0.4 is 10.6 Å². The second-order valence-corrected chi connectivity index (χ2v) is 6.55. The summed E-state index contributed by atoms with van der Waals surface area (Å²) in [5.41, 5.74) is 0. The van der Waals surface area contributed by atoms with Crippen LogP contribution in [0.2, 0.25) is 0 Å². The monoisotopic (exact) mass is 342 g/mol. The van der Waals surface area contributed by atoms with Crippen LogP contribution >= 0.6 is 0 Å². The molecule has 0 aromatic rings. The first-order valence-electron chi connectivity index (χ1n) is 8.13.